The summed E-state index contributed by atoms with van der Waals surface area (Å²) >= 11 is 1.59. The predicted octanol–water partition coefficient (Wildman–Crippen LogP) is 2.06. The van der Waals surface area contributed by atoms with Gasteiger partial charge in [0.25, 0.3) is 15.9 Å². The van der Waals surface area contributed by atoms with E-state index < -0.39 is 10.0 Å². The Kier molecular flexibility index (Phi) is 4.60. The van der Waals surface area contributed by atoms with Gasteiger partial charge in [0.2, 0.25) is 0 Å². The minimum absolute atomic E-state index is 0.0421. The van der Waals surface area contributed by atoms with Gasteiger partial charge in [0.1, 0.15) is 0 Å². The number of amidine groups is 1. The monoisotopic (exact) mass is 365 g/mol. The molecule has 2 aliphatic rings. The van der Waals surface area contributed by atoms with Gasteiger partial charge in [-0.15, -0.1) is 15.7 Å². The molecular formula is C16H19N3O3S2. The maximum atomic E-state index is 12.8. The maximum Gasteiger partial charge on any atom is 0.256 e. The van der Waals surface area contributed by atoms with E-state index in [1.807, 2.05) is 31.4 Å². The second-order valence-electron chi connectivity index (χ2n) is 6.03. The highest BCUT2D eigenvalue weighted by atomic mass is 32.2. The molecule has 0 spiro atoms. The number of thiophene rings is 1. The molecule has 3 rings (SSSR count). The van der Waals surface area contributed by atoms with Crippen LogP contribution in [0.4, 0.5) is 0 Å². The van der Waals surface area contributed by atoms with Gasteiger partial charge in [0, 0.05) is 17.6 Å². The van der Waals surface area contributed by atoms with Crippen LogP contribution in [0.25, 0.3) is 0 Å². The second-order valence-corrected chi connectivity index (χ2v) is 8.76. The summed E-state index contributed by atoms with van der Waals surface area (Å²) in [5.41, 5.74) is 0.281. The number of carbonyl (C=O) groups excluding carboxylic acids is 1. The first-order valence-corrected chi connectivity index (χ1v) is 10.2. The molecule has 2 aliphatic heterocycles. The van der Waals surface area contributed by atoms with E-state index in [-0.39, 0.29) is 35.0 Å². The van der Waals surface area contributed by atoms with Crippen molar-refractivity contribution in [3.63, 3.8) is 0 Å². The summed E-state index contributed by atoms with van der Waals surface area (Å²) in [6, 6.07) is 3.81. The van der Waals surface area contributed by atoms with Gasteiger partial charge in [-0.25, -0.2) is 8.42 Å². The Morgan fingerprint density at radius 3 is 2.88 bits per heavy atom. The number of fused-ring (bicyclic) bond motifs is 1. The van der Waals surface area contributed by atoms with Gasteiger partial charge in [-0.2, -0.15) is 0 Å². The van der Waals surface area contributed by atoms with Crippen molar-refractivity contribution >= 4 is 33.1 Å². The van der Waals surface area contributed by atoms with Crippen LogP contribution in [0.1, 0.15) is 24.8 Å². The fourth-order valence-corrected chi connectivity index (χ4v) is 4.58. The van der Waals surface area contributed by atoms with Crippen molar-refractivity contribution in [2.24, 2.45) is 10.3 Å². The Morgan fingerprint density at radius 1 is 1.42 bits per heavy atom. The van der Waals surface area contributed by atoms with Gasteiger partial charge in [0.15, 0.2) is 5.84 Å². The molecule has 0 aliphatic carbocycles. The molecule has 0 radical (unpaired) electrons. The highest BCUT2D eigenvalue weighted by molar-refractivity contribution is 7.90. The molecule has 0 saturated carbocycles. The molecule has 6 nitrogen and oxygen atoms in total. The van der Waals surface area contributed by atoms with Crippen LogP contribution in [-0.4, -0.2) is 37.4 Å². The van der Waals surface area contributed by atoms with Gasteiger partial charge < -0.3 is 10.2 Å². The van der Waals surface area contributed by atoms with Crippen LogP contribution in [-0.2, 0) is 14.8 Å². The third-order valence-electron chi connectivity index (χ3n) is 3.91. The third-order valence-corrected chi connectivity index (χ3v) is 6.01. The van der Waals surface area contributed by atoms with Crippen LogP contribution in [0.5, 0.6) is 0 Å². The lowest BCUT2D eigenvalue weighted by molar-refractivity contribution is -0.118. The van der Waals surface area contributed by atoms with Crippen molar-refractivity contribution in [3.05, 3.63) is 46.3 Å². The second kappa shape index (κ2) is 6.52. The number of allylic oxidation sites excluding steroid dienone is 2. The molecule has 0 saturated heterocycles. The van der Waals surface area contributed by atoms with Gasteiger partial charge in [0.05, 0.1) is 17.4 Å². The molecular weight excluding hydrogens is 346 g/mol. The maximum absolute atomic E-state index is 12.8. The average molecular weight is 365 g/mol. The van der Waals surface area contributed by atoms with E-state index in [0.29, 0.717) is 6.54 Å². The largest absolute Gasteiger partial charge is 0.344 e. The van der Waals surface area contributed by atoms with Crippen molar-refractivity contribution in [2.45, 2.75) is 19.9 Å². The van der Waals surface area contributed by atoms with Gasteiger partial charge >= 0.3 is 0 Å². The number of amides is 1. The Labute approximate surface area is 145 Å². The molecule has 0 unspecified atom stereocenters. The van der Waals surface area contributed by atoms with Crippen molar-refractivity contribution in [2.75, 3.05) is 12.3 Å². The number of hydrogen-bond donors (Lipinski definition) is 1. The number of nitrogens with zero attached hydrogens (tertiary/aromatic N) is 2. The first kappa shape index (κ1) is 16.9. The van der Waals surface area contributed by atoms with E-state index in [2.05, 4.69) is 9.71 Å². The molecule has 1 aromatic heterocycles. The summed E-state index contributed by atoms with van der Waals surface area (Å²) in [5.74, 6) is 0.0576. The Balaban J connectivity index is 1.87. The fourth-order valence-electron chi connectivity index (χ4n) is 2.65. The molecule has 1 amide bonds. The molecule has 1 aromatic rings. The Bertz CT molecular complexity index is 821. The summed E-state index contributed by atoms with van der Waals surface area (Å²) in [6.45, 7) is 4.38. The molecule has 24 heavy (non-hydrogen) atoms. The minimum Gasteiger partial charge on any atom is -0.344 e. The summed E-state index contributed by atoms with van der Waals surface area (Å²) in [5, 5.41) is 4.99. The van der Waals surface area contributed by atoms with Crippen LogP contribution in [0.2, 0.25) is 0 Å². The van der Waals surface area contributed by atoms with Crippen LogP contribution in [0.15, 0.2) is 45.8 Å². The topological polar surface area (TPSA) is 78.8 Å². The predicted molar refractivity (Wildman–Crippen MR) is 95.2 cm³/mol. The number of hydrogen-bond acceptors (Lipinski definition) is 5. The first-order valence-electron chi connectivity index (χ1n) is 7.70. The van der Waals surface area contributed by atoms with Gasteiger partial charge in [-0.3, -0.25) is 4.79 Å². The van der Waals surface area contributed by atoms with Crippen LogP contribution < -0.4 is 5.32 Å². The third kappa shape index (κ3) is 3.44. The standard InChI is InChI=1S/C16H19N3O3S2/c1-11(2)14(13-6-4-9-23-13)17-16(20)12-5-3-7-19-8-10-24(21,22)18-15(12)19/h3-7,9,11,14H,8,10H2,1-2H3,(H,17,20)/t14-/m0/s1. The number of sulfonamides is 1. The number of nitrogens with one attached hydrogen (secondary N) is 1. The minimum atomic E-state index is -3.51. The smallest absolute Gasteiger partial charge is 0.256 e. The van der Waals surface area contributed by atoms with Crippen LogP contribution in [0, 0.1) is 5.92 Å². The zero-order chi connectivity index (χ0) is 17.3. The molecule has 3 heterocycles. The molecule has 0 bridgehead atoms. The molecule has 0 aromatic carbocycles. The lowest BCUT2D eigenvalue weighted by atomic mass is 10.0. The zero-order valence-corrected chi connectivity index (χ0v) is 15.1. The van der Waals surface area contributed by atoms with E-state index >= 15 is 0 Å². The number of rotatable bonds is 4. The van der Waals surface area contributed by atoms with E-state index in [1.54, 1.807) is 34.6 Å². The van der Waals surface area contributed by atoms with Gasteiger partial charge in [-0.05, 0) is 29.5 Å². The highest BCUT2D eigenvalue weighted by Gasteiger charge is 2.31. The molecule has 1 N–H and O–H groups in total. The summed E-state index contributed by atoms with van der Waals surface area (Å²) in [6.07, 6.45) is 5.09. The van der Waals surface area contributed by atoms with E-state index in [0.717, 1.165) is 4.88 Å². The van der Waals surface area contributed by atoms with Crippen molar-refractivity contribution in [3.8, 4) is 0 Å². The van der Waals surface area contributed by atoms with Gasteiger partial charge in [-0.1, -0.05) is 19.9 Å². The average Bonchev–Trinajstić information content (AvgIpc) is 3.04. The molecule has 8 heteroatoms. The summed E-state index contributed by atoms with van der Waals surface area (Å²) < 4.78 is 27.4. The summed E-state index contributed by atoms with van der Waals surface area (Å²) in [7, 11) is -3.51. The van der Waals surface area contributed by atoms with Crippen LogP contribution in [0.3, 0.4) is 0 Å². The van der Waals surface area contributed by atoms with E-state index in [1.165, 1.54) is 0 Å². The van der Waals surface area contributed by atoms with Crippen molar-refractivity contribution < 1.29 is 13.2 Å². The Hall–Kier alpha value is -1.93. The van der Waals surface area contributed by atoms with Crippen LogP contribution >= 0.6 is 11.3 Å². The SMILES string of the molecule is CC(C)[C@H](NC(=O)C1=CC=CN2CCS(=O)(=O)N=C12)c1cccs1. The molecule has 1 atom stereocenters. The lowest BCUT2D eigenvalue weighted by Crippen LogP contribution is -2.43. The highest BCUT2D eigenvalue weighted by Crippen LogP contribution is 2.27. The first-order chi connectivity index (χ1) is 11.4. The Morgan fingerprint density at radius 2 is 2.21 bits per heavy atom. The molecule has 0 fully saturated rings. The molecule has 128 valence electrons. The summed E-state index contributed by atoms with van der Waals surface area (Å²) in [4.78, 5) is 15.5. The van der Waals surface area contributed by atoms with Crippen molar-refractivity contribution in [1.82, 2.24) is 10.2 Å². The lowest BCUT2D eigenvalue weighted by Gasteiger charge is -2.30. The fraction of sp³-hybridized carbons (Fsp3) is 0.375. The van der Waals surface area contributed by atoms with E-state index in [4.69, 9.17) is 0 Å². The quantitative estimate of drug-likeness (QED) is 0.886. The van der Waals surface area contributed by atoms with Crippen molar-refractivity contribution in [1.29, 1.82) is 0 Å². The van der Waals surface area contributed by atoms with E-state index in [9.17, 15) is 13.2 Å². The normalized spacial score (nSPS) is 20.2. The number of carbonyl (C=O) groups is 1. The zero-order valence-electron chi connectivity index (χ0n) is 13.5.